The molecule has 10 nitrogen and oxygen atoms in total. The van der Waals surface area contributed by atoms with E-state index in [4.69, 9.17) is 17.4 Å². The maximum atomic E-state index is 12.8. The van der Waals surface area contributed by atoms with E-state index in [0.717, 1.165) is 5.69 Å². The Labute approximate surface area is 175 Å². The summed E-state index contributed by atoms with van der Waals surface area (Å²) >= 11 is 5.35. The smallest absolute Gasteiger partial charge is 0.321 e. The van der Waals surface area contributed by atoms with Gasteiger partial charge in [0.05, 0.1) is 17.4 Å². The minimum atomic E-state index is -0.665. The highest BCUT2D eigenvalue weighted by Gasteiger charge is 2.25. The molecule has 3 heterocycles. The summed E-state index contributed by atoms with van der Waals surface area (Å²) in [5, 5.41) is 21.2. The molecule has 3 amide bonds. The molecular formula is C19H17N7O3S. The largest absolute Gasteiger partial charge is 0.343 e. The number of fused-ring (bicyclic) bond motifs is 3. The summed E-state index contributed by atoms with van der Waals surface area (Å²) in [6, 6.07) is 8.16. The average molecular weight is 423 g/mol. The molecule has 0 aliphatic carbocycles. The third kappa shape index (κ3) is 3.38. The minimum absolute atomic E-state index is 0.217. The van der Waals surface area contributed by atoms with Gasteiger partial charge in [-0.05, 0) is 18.2 Å². The number of H-pyrrole nitrogens is 1. The topological polar surface area (TPSA) is 139 Å². The Morgan fingerprint density at radius 2 is 2.13 bits per heavy atom. The van der Waals surface area contributed by atoms with Gasteiger partial charge in [-0.25, -0.2) is 15.3 Å². The third-order valence-corrected chi connectivity index (χ3v) is 5.35. The molecule has 3 aromatic rings. The van der Waals surface area contributed by atoms with Gasteiger partial charge in [-0.3, -0.25) is 10.0 Å². The van der Waals surface area contributed by atoms with Gasteiger partial charge in [-0.1, -0.05) is 18.3 Å². The van der Waals surface area contributed by atoms with E-state index < -0.39 is 5.91 Å². The van der Waals surface area contributed by atoms with E-state index in [-0.39, 0.29) is 11.6 Å². The fourth-order valence-corrected chi connectivity index (χ4v) is 3.92. The van der Waals surface area contributed by atoms with Crippen LogP contribution in [0, 0.1) is 16.0 Å². The lowest BCUT2D eigenvalue weighted by molar-refractivity contribution is 0.0706. The lowest BCUT2D eigenvalue weighted by atomic mass is 10.2. The second-order valence-electron chi connectivity index (χ2n) is 6.71. The molecule has 0 spiro atoms. The first-order chi connectivity index (χ1) is 14.5. The summed E-state index contributed by atoms with van der Waals surface area (Å²) in [6.45, 7) is 1.29. The van der Waals surface area contributed by atoms with Crippen LogP contribution in [0.15, 0.2) is 30.6 Å². The summed E-state index contributed by atoms with van der Waals surface area (Å²) in [5.41, 5.74) is 4.92. The van der Waals surface area contributed by atoms with Crippen LogP contribution in [0.2, 0.25) is 0 Å². The van der Waals surface area contributed by atoms with Crippen molar-refractivity contribution in [1.82, 2.24) is 24.9 Å². The van der Waals surface area contributed by atoms with Crippen molar-refractivity contribution in [3.05, 3.63) is 52.1 Å². The average Bonchev–Trinajstić information content (AvgIpc) is 2.90. The predicted octanol–water partition coefficient (Wildman–Crippen LogP) is 2.17. The van der Waals surface area contributed by atoms with Gasteiger partial charge >= 0.3 is 6.03 Å². The molecule has 0 atom stereocenters. The monoisotopic (exact) mass is 423 g/mol. The number of nitriles is 1. The number of amides is 3. The molecule has 0 fully saturated rings. The highest BCUT2D eigenvalue weighted by Crippen LogP contribution is 2.26. The molecule has 11 heteroatoms. The van der Waals surface area contributed by atoms with E-state index in [9.17, 15) is 14.9 Å². The molecule has 4 rings (SSSR count). The SMILES string of the molecule is N#Cc1c2n(c3c(=S)nc[nH]c13)CCN(C(=O)Nc1cccc(C(=O)NO)c1)CC2. The number of carbonyl (C=O) groups is 2. The lowest BCUT2D eigenvalue weighted by Gasteiger charge is -2.21. The molecule has 4 N–H and O–H groups in total. The predicted molar refractivity (Wildman–Crippen MR) is 110 cm³/mol. The van der Waals surface area contributed by atoms with Crippen LogP contribution < -0.4 is 10.8 Å². The quantitative estimate of drug-likeness (QED) is 0.283. The maximum absolute atomic E-state index is 12.8. The molecule has 1 aliphatic rings. The van der Waals surface area contributed by atoms with Crippen LogP contribution in [0.25, 0.3) is 11.0 Å². The Morgan fingerprint density at radius 1 is 1.30 bits per heavy atom. The van der Waals surface area contributed by atoms with Crippen molar-refractivity contribution < 1.29 is 14.8 Å². The standard InChI is InChI=1S/C19H17N7O3S/c20-9-13-14-4-5-25(6-7-26(14)16-15(13)21-10-22-18(16)30)19(28)23-12-3-1-2-11(8-12)17(27)24-29/h1-3,8,10,29H,4-7H2,(H,23,28)(H,24,27)(H,21,22,30). The van der Waals surface area contributed by atoms with E-state index in [0.29, 0.717) is 53.0 Å². The number of carbonyl (C=O) groups excluding carboxylic acids is 2. The first-order valence-electron chi connectivity index (χ1n) is 9.12. The number of aromatic amines is 1. The normalized spacial score (nSPS) is 13.3. The number of hydroxylamine groups is 1. The van der Waals surface area contributed by atoms with Crippen LogP contribution in [0.5, 0.6) is 0 Å². The third-order valence-electron chi connectivity index (χ3n) is 5.05. The fourth-order valence-electron chi connectivity index (χ4n) is 3.66. The number of benzene rings is 1. The molecule has 0 saturated heterocycles. The molecule has 1 aliphatic heterocycles. The van der Waals surface area contributed by atoms with Crippen LogP contribution in [0.3, 0.4) is 0 Å². The number of urea groups is 1. The van der Waals surface area contributed by atoms with Crippen molar-refractivity contribution in [2.75, 3.05) is 18.4 Å². The van der Waals surface area contributed by atoms with Crippen LogP contribution >= 0.6 is 12.2 Å². The molecule has 2 aromatic heterocycles. The second kappa shape index (κ2) is 7.94. The molecule has 0 saturated carbocycles. The molecule has 0 radical (unpaired) electrons. The van der Waals surface area contributed by atoms with Gasteiger partial charge in [-0.15, -0.1) is 0 Å². The highest BCUT2D eigenvalue weighted by molar-refractivity contribution is 7.71. The van der Waals surface area contributed by atoms with Gasteiger partial charge < -0.3 is 19.8 Å². The molecule has 1 aromatic carbocycles. The van der Waals surface area contributed by atoms with Crippen molar-refractivity contribution in [3.8, 4) is 6.07 Å². The Bertz CT molecular complexity index is 1260. The van der Waals surface area contributed by atoms with E-state index >= 15 is 0 Å². The van der Waals surface area contributed by atoms with Crippen molar-refractivity contribution in [1.29, 1.82) is 5.26 Å². The van der Waals surface area contributed by atoms with Crippen molar-refractivity contribution >= 4 is 40.9 Å². The first kappa shape index (κ1) is 19.6. The second-order valence-corrected chi connectivity index (χ2v) is 7.09. The Hall–Kier alpha value is -3.75. The molecule has 0 bridgehead atoms. The van der Waals surface area contributed by atoms with Crippen LogP contribution in [0.1, 0.15) is 21.6 Å². The lowest BCUT2D eigenvalue weighted by Crippen LogP contribution is -2.37. The summed E-state index contributed by atoms with van der Waals surface area (Å²) in [4.78, 5) is 33.1. The van der Waals surface area contributed by atoms with E-state index in [1.54, 1.807) is 22.5 Å². The van der Waals surface area contributed by atoms with Crippen LogP contribution in [0.4, 0.5) is 10.5 Å². The van der Waals surface area contributed by atoms with Gasteiger partial charge in [0.1, 0.15) is 11.6 Å². The maximum Gasteiger partial charge on any atom is 0.321 e. The number of aromatic nitrogens is 3. The van der Waals surface area contributed by atoms with E-state index in [1.165, 1.54) is 18.5 Å². The van der Waals surface area contributed by atoms with Gasteiger partial charge in [0.25, 0.3) is 5.91 Å². The highest BCUT2D eigenvalue weighted by atomic mass is 32.1. The Kier molecular flexibility index (Phi) is 5.18. The Balaban J connectivity index is 1.56. The van der Waals surface area contributed by atoms with Gasteiger partial charge in [-0.2, -0.15) is 5.26 Å². The van der Waals surface area contributed by atoms with E-state index in [1.807, 2.05) is 4.57 Å². The number of nitrogens with one attached hydrogen (secondary N) is 3. The number of nitrogens with zero attached hydrogens (tertiary/aromatic N) is 4. The molecule has 30 heavy (non-hydrogen) atoms. The van der Waals surface area contributed by atoms with Gasteiger partial charge in [0.2, 0.25) is 0 Å². The molecule has 0 unspecified atom stereocenters. The molecular weight excluding hydrogens is 406 g/mol. The minimum Gasteiger partial charge on any atom is -0.343 e. The van der Waals surface area contributed by atoms with Crippen LogP contribution in [-0.4, -0.2) is 49.7 Å². The zero-order valence-electron chi connectivity index (χ0n) is 15.7. The number of anilines is 1. The van der Waals surface area contributed by atoms with Crippen molar-refractivity contribution in [2.24, 2.45) is 0 Å². The summed E-state index contributed by atoms with van der Waals surface area (Å²) in [6.07, 6.45) is 1.97. The van der Waals surface area contributed by atoms with E-state index in [2.05, 4.69) is 21.4 Å². The van der Waals surface area contributed by atoms with Crippen LogP contribution in [-0.2, 0) is 13.0 Å². The van der Waals surface area contributed by atoms with Crippen molar-refractivity contribution in [3.63, 3.8) is 0 Å². The zero-order valence-corrected chi connectivity index (χ0v) is 16.5. The number of rotatable bonds is 2. The zero-order chi connectivity index (χ0) is 21.3. The Morgan fingerprint density at radius 3 is 2.90 bits per heavy atom. The summed E-state index contributed by atoms with van der Waals surface area (Å²) < 4.78 is 2.36. The summed E-state index contributed by atoms with van der Waals surface area (Å²) in [7, 11) is 0. The number of hydrogen-bond donors (Lipinski definition) is 4. The number of hydrogen-bond acceptors (Lipinski definition) is 6. The summed E-state index contributed by atoms with van der Waals surface area (Å²) in [5.74, 6) is -0.665. The van der Waals surface area contributed by atoms with Gasteiger partial charge in [0.15, 0.2) is 4.64 Å². The molecule has 152 valence electrons. The fraction of sp³-hybridized carbons (Fsp3) is 0.211. The van der Waals surface area contributed by atoms with Crippen molar-refractivity contribution in [2.45, 2.75) is 13.0 Å². The first-order valence-corrected chi connectivity index (χ1v) is 9.53. The van der Waals surface area contributed by atoms with Gasteiger partial charge in [0, 0.05) is 43.0 Å².